The zero-order valence-electron chi connectivity index (χ0n) is 18.0. The van der Waals surface area contributed by atoms with Crippen LogP contribution >= 0.6 is 11.8 Å². The number of nitrogens with one attached hydrogen (secondary N) is 1. The fourth-order valence-corrected chi connectivity index (χ4v) is 4.82. The molecule has 1 N–H and O–H groups in total. The Kier molecular flexibility index (Phi) is 7.12. The molecule has 5 nitrogen and oxygen atoms in total. The molecule has 6 heteroatoms. The van der Waals surface area contributed by atoms with Gasteiger partial charge in [0, 0.05) is 18.7 Å². The second kappa shape index (κ2) is 10.4. The molecule has 0 radical (unpaired) electrons. The molecule has 0 bridgehead atoms. The molecule has 4 rings (SSSR count). The smallest absolute Gasteiger partial charge is 0.251 e. The van der Waals surface area contributed by atoms with Crippen LogP contribution in [0.15, 0.2) is 78.9 Å². The fraction of sp³-hybridized carbons (Fsp3) is 0.231. The molecule has 0 spiro atoms. The topological polar surface area (TPSA) is 58.6 Å². The first-order chi connectivity index (χ1) is 15.6. The first-order valence-corrected chi connectivity index (χ1v) is 11.7. The SMILES string of the molecule is CCOc1ccc(CNC(=O)c2ccc([C@H]3SCC(=O)N3Cc3ccccc3)cc2)cc1. The summed E-state index contributed by atoms with van der Waals surface area (Å²) in [6.07, 6.45) is 0. The Balaban J connectivity index is 1.37. The minimum atomic E-state index is -0.123. The van der Waals surface area contributed by atoms with Crippen LogP contribution in [0.2, 0.25) is 0 Å². The van der Waals surface area contributed by atoms with Crippen LogP contribution in [0.3, 0.4) is 0 Å². The van der Waals surface area contributed by atoms with Gasteiger partial charge in [-0.15, -0.1) is 11.8 Å². The number of thioether (sulfide) groups is 1. The van der Waals surface area contributed by atoms with Gasteiger partial charge in [-0.25, -0.2) is 0 Å². The van der Waals surface area contributed by atoms with E-state index in [1.54, 1.807) is 11.8 Å². The van der Waals surface area contributed by atoms with Crippen molar-refractivity contribution >= 4 is 23.6 Å². The normalized spacial score (nSPS) is 15.6. The third kappa shape index (κ3) is 5.32. The van der Waals surface area contributed by atoms with Gasteiger partial charge in [-0.05, 0) is 47.9 Å². The van der Waals surface area contributed by atoms with Crippen molar-refractivity contribution in [1.29, 1.82) is 0 Å². The van der Waals surface area contributed by atoms with Gasteiger partial charge in [-0.3, -0.25) is 9.59 Å². The highest BCUT2D eigenvalue weighted by atomic mass is 32.2. The van der Waals surface area contributed by atoms with Crippen molar-refractivity contribution in [2.24, 2.45) is 0 Å². The van der Waals surface area contributed by atoms with Crippen molar-refractivity contribution in [3.05, 3.63) is 101 Å². The second-order valence-corrected chi connectivity index (χ2v) is 8.62. The van der Waals surface area contributed by atoms with Crippen LogP contribution in [0.5, 0.6) is 5.75 Å². The molecule has 1 atom stereocenters. The summed E-state index contributed by atoms with van der Waals surface area (Å²) in [5.41, 5.74) is 3.75. The summed E-state index contributed by atoms with van der Waals surface area (Å²) < 4.78 is 5.44. The Labute approximate surface area is 192 Å². The first-order valence-electron chi connectivity index (χ1n) is 10.7. The number of rotatable bonds is 8. The number of carbonyl (C=O) groups excluding carboxylic acids is 2. The van der Waals surface area contributed by atoms with E-state index in [2.05, 4.69) is 5.32 Å². The van der Waals surface area contributed by atoms with Gasteiger partial charge in [0.1, 0.15) is 11.1 Å². The third-order valence-corrected chi connectivity index (χ3v) is 6.57. The van der Waals surface area contributed by atoms with Crippen LogP contribution in [-0.2, 0) is 17.9 Å². The maximum atomic E-state index is 12.6. The lowest BCUT2D eigenvalue weighted by Gasteiger charge is -2.24. The number of benzene rings is 3. The summed E-state index contributed by atoms with van der Waals surface area (Å²) >= 11 is 1.62. The summed E-state index contributed by atoms with van der Waals surface area (Å²) in [6.45, 7) is 3.61. The van der Waals surface area contributed by atoms with E-state index in [4.69, 9.17) is 4.74 Å². The number of carbonyl (C=O) groups is 2. The Morgan fingerprint density at radius 2 is 1.72 bits per heavy atom. The number of amides is 2. The maximum absolute atomic E-state index is 12.6. The molecule has 32 heavy (non-hydrogen) atoms. The first kappa shape index (κ1) is 22.0. The standard InChI is InChI=1S/C26H26N2O3S/c1-2-31-23-14-8-19(9-15-23)16-27-25(30)21-10-12-22(13-11-21)26-28(24(29)18-32-26)17-20-6-4-3-5-7-20/h3-15,26H,2,16-18H2,1H3,(H,27,30)/t26-/m1/s1. The Morgan fingerprint density at radius 1 is 1.00 bits per heavy atom. The molecule has 0 unspecified atom stereocenters. The number of nitrogens with zero attached hydrogens (tertiary/aromatic N) is 1. The van der Waals surface area contributed by atoms with Gasteiger partial charge in [0.2, 0.25) is 5.91 Å². The summed E-state index contributed by atoms with van der Waals surface area (Å²) in [6, 6.07) is 25.3. The maximum Gasteiger partial charge on any atom is 0.251 e. The van der Waals surface area contributed by atoms with E-state index in [9.17, 15) is 9.59 Å². The van der Waals surface area contributed by atoms with Gasteiger partial charge in [0.05, 0.1) is 12.4 Å². The predicted molar refractivity (Wildman–Crippen MR) is 127 cm³/mol. The molecule has 0 saturated carbocycles. The van der Waals surface area contributed by atoms with Gasteiger partial charge in [0.15, 0.2) is 0 Å². The lowest BCUT2D eigenvalue weighted by atomic mass is 10.1. The van der Waals surface area contributed by atoms with Crippen LogP contribution in [0, 0.1) is 0 Å². The number of hydrogen-bond acceptors (Lipinski definition) is 4. The Morgan fingerprint density at radius 3 is 2.41 bits per heavy atom. The molecule has 2 amide bonds. The van der Waals surface area contributed by atoms with Crippen LogP contribution < -0.4 is 10.1 Å². The van der Waals surface area contributed by atoms with E-state index >= 15 is 0 Å². The fourth-order valence-electron chi connectivity index (χ4n) is 3.63. The van der Waals surface area contributed by atoms with Crippen molar-refractivity contribution in [1.82, 2.24) is 10.2 Å². The van der Waals surface area contributed by atoms with Gasteiger partial charge in [-0.2, -0.15) is 0 Å². The molecule has 0 aromatic heterocycles. The molecule has 164 valence electrons. The van der Waals surface area contributed by atoms with Gasteiger partial charge in [-0.1, -0.05) is 54.6 Å². The Hall–Kier alpha value is -3.25. The molecule has 1 saturated heterocycles. The largest absolute Gasteiger partial charge is 0.494 e. The molecule has 1 fully saturated rings. The van der Waals surface area contributed by atoms with E-state index in [-0.39, 0.29) is 17.2 Å². The molecule has 0 aliphatic carbocycles. The van der Waals surface area contributed by atoms with E-state index in [1.165, 1.54) is 0 Å². The van der Waals surface area contributed by atoms with Gasteiger partial charge < -0.3 is 15.0 Å². The number of ether oxygens (including phenoxy) is 1. The molecular formula is C26H26N2O3S. The molecule has 1 heterocycles. The van der Waals surface area contributed by atoms with E-state index in [0.29, 0.717) is 31.0 Å². The molecular weight excluding hydrogens is 420 g/mol. The molecule has 1 aliphatic heterocycles. The third-order valence-electron chi connectivity index (χ3n) is 5.31. The summed E-state index contributed by atoms with van der Waals surface area (Å²) in [5.74, 6) is 1.31. The molecule has 3 aromatic rings. The lowest BCUT2D eigenvalue weighted by molar-refractivity contribution is -0.128. The highest BCUT2D eigenvalue weighted by Gasteiger charge is 2.32. The van der Waals surface area contributed by atoms with Crippen LogP contribution in [0.4, 0.5) is 0 Å². The lowest BCUT2D eigenvalue weighted by Crippen LogP contribution is -2.27. The van der Waals surface area contributed by atoms with Crippen molar-refractivity contribution < 1.29 is 14.3 Å². The Bertz CT molecular complexity index is 1050. The predicted octanol–water partition coefficient (Wildman–Crippen LogP) is 4.79. The van der Waals surface area contributed by atoms with Gasteiger partial charge >= 0.3 is 0 Å². The van der Waals surface area contributed by atoms with Crippen LogP contribution in [-0.4, -0.2) is 29.1 Å². The van der Waals surface area contributed by atoms with Gasteiger partial charge in [0.25, 0.3) is 5.91 Å². The van der Waals surface area contributed by atoms with Crippen molar-refractivity contribution in [3.8, 4) is 5.75 Å². The average Bonchev–Trinajstić information content (AvgIpc) is 3.19. The average molecular weight is 447 g/mol. The highest BCUT2D eigenvalue weighted by Crippen LogP contribution is 2.39. The quantitative estimate of drug-likeness (QED) is 0.541. The summed E-state index contributed by atoms with van der Waals surface area (Å²) in [4.78, 5) is 26.9. The highest BCUT2D eigenvalue weighted by molar-refractivity contribution is 8.00. The summed E-state index contributed by atoms with van der Waals surface area (Å²) in [7, 11) is 0. The summed E-state index contributed by atoms with van der Waals surface area (Å²) in [5, 5.41) is 2.92. The van der Waals surface area contributed by atoms with Crippen LogP contribution in [0.1, 0.15) is 39.3 Å². The zero-order chi connectivity index (χ0) is 22.3. The van der Waals surface area contributed by atoms with E-state index in [0.717, 1.165) is 22.4 Å². The monoisotopic (exact) mass is 446 g/mol. The van der Waals surface area contributed by atoms with Crippen LogP contribution in [0.25, 0.3) is 0 Å². The van der Waals surface area contributed by atoms with Crippen molar-refractivity contribution in [2.45, 2.75) is 25.4 Å². The minimum absolute atomic E-state index is 0.0383. The van der Waals surface area contributed by atoms with Crippen molar-refractivity contribution in [3.63, 3.8) is 0 Å². The zero-order valence-corrected chi connectivity index (χ0v) is 18.8. The number of hydrogen-bond donors (Lipinski definition) is 1. The van der Waals surface area contributed by atoms with E-state index in [1.807, 2.05) is 90.7 Å². The molecule has 1 aliphatic rings. The minimum Gasteiger partial charge on any atom is -0.494 e. The van der Waals surface area contributed by atoms with E-state index < -0.39 is 0 Å². The van der Waals surface area contributed by atoms with Crippen molar-refractivity contribution in [2.75, 3.05) is 12.4 Å². The molecule has 3 aromatic carbocycles. The second-order valence-electron chi connectivity index (χ2n) is 7.55.